The Kier molecular flexibility index (Phi) is 46.5. The number of nitrogens with one attached hydrogen (secondary N) is 1. The summed E-state index contributed by atoms with van der Waals surface area (Å²) in [5, 5.41) is 33.5. The molecule has 5 heteroatoms. The number of rotatable bonds is 48. The molecule has 0 aromatic carbocycles. The van der Waals surface area contributed by atoms with Crippen LogP contribution in [0.1, 0.15) is 296 Å². The number of carbonyl (C=O) groups is 1. The Balaban J connectivity index is 3.42. The van der Waals surface area contributed by atoms with Gasteiger partial charge in [-0.15, -0.1) is 0 Å². The molecule has 0 spiro atoms. The lowest BCUT2D eigenvalue weighted by Crippen LogP contribution is -2.50. The van der Waals surface area contributed by atoms with Crippen molar-refractivity contribution in [3.63, 3.8) is 0 Å². The molecule has 0 fully saturated rings. The molecule has 0 saturated heterocycles. The molecule has 5 nitrogen and oxygen atoms in total. The maximum Gasteiger partial charge on any atom is 0.220 e. The standard InChI is InChI=1S/C51H103NO4/c1-3-5-7-9-11-13-15-16-17-18-19-20-21-22-23-24-25-26-27-28-29-30-31-32-33-34-36-38-40-42-44-46-50(55)52-48(47-53)51(56)49(54)45-43-41-39-37-35-14-12-10-8-6-4-2/h48-49,51,53-54,56H,3-47H2,1-2H3,(H,52,55). The highest BCUT2D eigenvalue weighted by Gasteiger charge is 2.26. The average Bonchev–Trinajstić information content (AvgIpc) is 3.20. The second-order valence-electron chi connectivity index (χ2n) is 18.1. The summed E-state index contributed by atoms with van der Waals surface area (Å²) in [4.78, 5) is 12.4. The molecule has 0 radical (unpaired) electrons. The summed E-state index contributed by atoms with van der Waals surface area (Å²) >= 11 is 0. The molecule has 0 aromatic rings. The third kappa shape index (κ3) is 41.5. The molecule has 0 aliphatic heterocycles. The SMILES string of the molecule is CCCCCCCCCCCCCCCCCCCCCCCCCCCCCCCCCC(=O)NC(CO)C(O)C(O)CCCCCCCCCCCCC. The summed E-state index contributed by atoms with van der Waals surface area (Å²) in [6, 6.07) is -0.802. The van der Waals surface area contributed by atoms with Crippen LogP contribution in [-0.2, 0) is 4.79 Å². The van der Waals surface area contributed by atoms with Gasteiger partial charge in [0.1, 0.15) is 6.10 Å². The molecule has 4 N–H and O–H groups in total. The lowest BCUT2D eigenvalue weighted by atomic mass is 9.99. The number of aliphatic hydroxyl groups excluding tert-OH is 3. The van der Waals surface area contributed by atoms with Gasteiger partial charge < -0.3 is 20.6 Å². The van der Waals surface area contributed by atoms with E-state index in [0.717, 1.165) is 38.5 Å². The van der Waals surface area contributed by atoms with Gasteiger partial charge >= 0.3 is 0 Å². The van der Waals surface area contributed by atoms with E-state index in [1.807, 2.05) is 0 Å². The van der Waals surface area contributed by atoms with E-state index in [2.05, 4.69) is 19.2 Å². The molecule has 0 heterocycles. The van der Waals surface area contributed by atoms with E-state index in [0.29, 0.717) is 12.8 Å². The fraction of sp³-hybridized carbons (Fsp3) is 0.980. The monoisotopic (exact) mass is 794 g/mol. The Bertz CT molecular complexity index is 747. The topological polar surface area (TPSA) is 89.8 Å². The van der Waals surface area contributed by atoms with Crippen molar-refractivity contribution in [2.45, 2.75) is 315 Å². The highest BCUT2D eigenvalue weighted by molar-refractivity contribution is 5.76. The van der Waals surface area contributed by atoms with Crippen molar-refractivity contribution >= 4 is 5.91 Å². The van der Waals surface area contributed by atoms with Crippen LogP contribution in [0.25, 0.3) is 0 Å². The lowest BCUT2D eigenvalue weighted by molar-refractivity contribution is -0.124. The Hall–Kier alpha value is -0.650. The van der Waals surface area contributed by atoms with E-state index in [-0.39, 0.29) is 12.5 Å². The van der Waals surface area contributed by atoms with Crippen LogP contribution in [0.15, 0.2) is 0 Å². The third-order valence-corrected chi connectivity index (χ3v) is 12.5. The minimum absolute atomic E-state index is 0.139. The van der Waals surface area contributed by atoms with Gasteiger partial charge in [-0.25, -0.2) is 0 Å². The zero-order chi connectivity index (χ0) is 40.8. The molecular formula is C51H103NO4. The van der Waals surface area contributed by atoms with Gasteiger partial charge in [-0.1, -0.05) is 277 Å². The van der Waals surface area contributed by atoms with E-state index in [4.69, 9.17) is 0 Å². The summed E-state index contributed by atoms with van der Waals surface area (Å²) in [5.41, 5.74) is 0. The van der Waals surface area contributed by atoms with Crippen molar-refractivity contribution in [1.29, 1.82) is 0 Å². The van der Waals surface area contributed by atoms with E-state index < -0.39 is 18.2 Å². The van der Waals surface area contributed by atoms with Crippen LogP contribution < -0.4 is 5.32 Å². The average molecular weight is 794 g/mol. The van der Waals surface area contributed by atoms with Crippen molar-refractivity contribution in [3.05, 3.63) is 0 Å². The highest BCUT2D eigenvalue weighted by Crippen LogP contribution is 2.18. The van der Waals surface area contributed by atoms with Gasteiger partial charge in [-0.3, -0.25) is 4.79 Å². The second-order valence-corrected chi connectivity index (χ2v) is 18.1. The number of hydrogen-bond acceptors (Lipinski definition) is 4. The molecule has 336 valence electrons. The van der Waals surface area contributed by atoms with E-state index in [9.17, 15) is 20.1 Å². The highest BCUT2D eigenvalue weighted by atomic mass is 16.3. The Labute approximate surface area is 351 Å². The maximum absolute atomic E-state index is 12.4. The minimum Gasteiger partial charge on any atom is -0.394 e. The van der Waals surface area contributed by atoms with Crippen molar-refractivity contribution < 1.29 is 20.1 Å². The molecule has 0 aromatic heterocycles. The largest absolute Gasteiger partial charge is 0.394 e. The van der Waals surface area contributed by atoms with Crippen LogP contribution >= 0.6 is 0 Å². The van der Waals surface area contributed by atoms with Crippen LogP contribution in [0, 0.1) is 0 Å². The predicted molar refractivity (Wildman–Crippen MR) is 246 cm³/mol. The predicted octanol–water partition coefficient (Wildman–Crippen LogP) is 15.4. The van der Waals surface area contributed by atoms with Crippen molar-refractivity contribution in [1.82, 2.24) is 5.32 Å². The van der Waals surface area contributed by atoms with Crippen LogP contribution in [0.2, 0.25) is 0 Å². The Morgan fingerprint density at radius 2 is 0.607 bits per heavy atom. The van der Waals surface area contributed by atoms with Gasteiger partial charge in [0.25, 0.3) is 0 Å². The van der Waals surface area contributed by atoms with Crippen LogP contribution in [-0.4, -0.2) is 46.1 Å². The number of carbonyl (C=O) groups excluding carboxylic acids is 1. The zero-order valence-corrected chi connectivity index (χ0v) is 38.3. The van der Waals surface area contributed by atoms with Gasteiger partial charge in [0.2, 0.25) is 5.91 Å². The Morgan fingerprint density at radius 3 is 0.857 bits per heavy atom. The first-order valence-corrected chi connectivity index (χ1v) is 25.8. The summed E-state index contributed by atoms with van der Waals surface area (Å²) in [6.45, 7) is 4.19. The molecule has 0 aliphatic rings. The number of unbranched alkanes of at least 4 members (excludes halogenated alkanes) is 40. The summed E-state index contributed by atoms with van der Waals surface area (Å²) in [5.74, 6) is -0.139. The lowest BCUT2D eigenvalue weighted by Gasteiger charge is -2.26. The van der Waals surface area contributed by atoms with Crippen LogP contribution in [0.5, 0.6) is 0 Å². The van der Waals surface area contributed by atoms with E-state index in [1.165, 1.54) is 231 Å². The van der Waals surface area contributed by atoms with Crippen molar-refractivity contribution in [2.75, 3.05) is 6.61 Å². The van der Waals surface area contributed by atoms with Gasteiger partial charge in [0.15, 0.2) is 0 Å². The van der Waals surface area contributed by atoms with Crippen LogP contribution in [0.4, 0.5) is 0 Å². The normalized spacial score (nSPS) is 13.3. The van der Waals surface area contributed by atoms with E-state index >= 15 is 0 Å². The summed E-state index contributed by atoms with van der Waals surface area (Å²) in [6.07, 6.45) is 55.4. The number of amides is 1. The quantitative estimate of drug-likeness (QED) is 0.0462. The fourth-order valence-electron chi connectivity index (χ4n) is 8.46. The van der Waals surface area contributed by atoms with Gasteiger partial charge in [0.05, 0.1) is 18.8 Å². The van der Waals surface area contributed by atoms with Crippen molar-refractivity contribution in [2.24, 2.45) is 0 Å². The Morgan fingerprint density at radius 1 is 0.375 bits per heavy atom. The molecule has 3 unspecified atom stereocenters. The molecule has 0 rings (SSSR count). The summed E-state index contributed by atoms with van der Waals surface area (Å²) < 4.78 is 0. The maximum atomic E-state index is 12.4. The second kappa shape index (κ2) is 47.0. The minimum atomic E-state index is -1.13. The van der Waals surface area contributed by atoms with Gasteiger partial charge in [0, 0.05) is 6.42 Å². The van der Waals surface area contributed by atoms with Crippen LogP contribution in [0.3, 0.4) is 0 Å². The molecule has 0 bridgehead atoms. The number of aliphatic hydroxyl groups is 3. The molecule has 0 aliphatic carbocycles. The smallest absolute Gasteiger partial charge is 0.220 e. The first kappa shape index (κ1) is 55.4. The van der Waals surface area contributed by atoms with Gasteiger partial charge in [-0.2, -0.15) is 0 Å². The zero-order valence-electron chi connectivity index (χ0n) is 38.3. The van der Waals surface area contributed by atoms with Crippen molar-refractivity contribution in [3.8, 4) is 0 Å². The molecule has 1 amide bonds. The first-order valence-electron chi connectivity index (χ1n) is 25.8. The third-order valence-electron chi connectivity index (χ3n) is 12.5. The first-order chi connectivity index (χ1) is 27.6. The fourth-order valence-corrected chi connectivity index (χ4v) is 8.46. The van der Waals surface area contributed by atoms with Gasteiger partial charge in [-0.05, 0) is 12.8 Å². The van der Waals surface area contributed by atoms with E-state index in [1.54, 1.807) is 0 Å². The molecule has 0 saturated carbocycles. The molecule has 56 heavy (non-hydrogen) atoms. The summed E-state index contributed by atoms with van der Waals surface area (Å²) in [7, 11) is 0. The number of hydrogen-bond donors (Lipinski definition) is 4. The molecule has 3 atom stereocenters. The molecular weight excluding hydrogens is 691 g/mol.